The molecule has 0 heterocycles. The lowest BCUT2D eigenvalue weighted by molar-refractivity contribution is -0.138. The van der Waals surface area contributed by atoms with Gasteiger partial charge in [-0.05, 0) is 36.2 Å². The predicted molar refractivity (Wildman–Crippen MR) is 85.0 cm³/mol. The van der Waals surface area contributed by atoms with Crippen LogP contribution >= 0.6 is 0 Å². The van der Waals surface area contributed by atoms with E-state index in [4.69, 9.17) is 5.73 Å². The van der Waals surface area contributed by atoms with Crippen LogP contribution in [0.3, 0.4) is 0 Å². The third-order valence-corrected chi connectivity index (χ3v) is 4.18. The summed E-state index contributed by atoms with van der Waals surface area (Å²) in [6, 6.07) is 10.9. The van der Waals surface area contributed by atoms with Gasteiger partial charge in [0.05, 0.1) is 5.56 Å². The summed E-state index contributed by atoms with van der Waals surface area (Å²) in [7, 11) is 0. The molecule has 0 radical (unpaired) electrons. The molecule has 0 saturated heterocycles. The van der Waals surface area contributed by atoms with Gasteiger partial charge in [-0.25, -0.2) is 0 Å². The second kappa shape index (κ2) is 6.23. The number of carbonyl (C=O) groups is 2. The van der Waals surface area contributed by atoms with Crippen LogP contribution in [0.5, 0.6) is 0 Å². The smallest absolute Gasteiger partial charge is 0.366 e. The molecule has 1 fully saturated rings. The van der Waals surface area contributed by atoms with Crippen molar-refractivity contribution in [2.75, 3.05) is 0 Å². The molecule has 4 nitrogen and oxygen atoms in total. The number of hydrogen-bond donors (Lipinski definition) is 2. The Morgan fingerprint density at radius 2 is 1.72 bits per heavy atom. The molecule has 1 aliphatic carbocycles. The number of rotatable bonds is 4. The van der Waals surface area contributed by atoms with Gasteiger partial charge in [-0.3, -0.25) is 9.59 Å². The molecule has 1 saturated carbocycles. The molecule has 0 bridgehead atoms. The summed E-state index contributed by atoms with van der Waals surface area (Å²) in [5, 5.41) is 2.71. The van der Waals surface area contributed by atoms with Crippen LogP contribution in [-0.4, -0.2) is 17.9 Å². The van der Waals surface area contributed by atoms with Crippen LogP contribution in [0.25, 0.3) is 0 Å². The van der Waals surface area contributed by atoms with Crippen molar-refractivity contribution in [3.05, 3.63) is 70.8 Å². The first-order chi connectivity index (χ1) is 11.8. The lowest BCUT2D eigenvalue weighted by Crippen LogP contribution is -2.27. The van der Waals surface area contributed by atoms with Crippen LogP contribution in [0.4, 0.5) is 13.2 Å². The molecule has 2 aromatic carbocycles. The van der Waals surface area contributed by atoms with E-state index in [1.165, 1.54) is 36.4 Å². The number of benzene rings is 2. The van der Waals surface area contributed by atoms with Crippen LogP contribution in [0, 0.1) is 0 Å². The van der Waals surface area contributed by atoms with Crippen molar-refractivity contribution in [1.82, 2.24) is 5.32 Å². The van der Waals surface area contributed by atoms with Crippen LogP contribution in [-0.2, 0) is 6.18 Å². The monoisotopic (exact) mass is 348 g/mol. The van der Waals surface area contributed by atoms with E-state index < -0.39 is 23.6 Å². The minimum atomic E-state index is -4.43. The maximum Gasteiger partial charge on any atom is 0.416 e. The second-order valence-corrected chi connectivity index (χ2v) is 5.95. The predicted octanol–water partition coefficient (Wildman–Crippen LogP) is 3.09. The van der Waals surface area contributed by atoms with Gasteiger partial charge in [-0.1, -0.05) is 24.3 Å². The van der Waals surface area contributed by atoms with E-state index in [0.717, 1.165) is 6.07 Å². The van der Waals surface area contributed by atoms with Crippen LogP contribution < -0.4 is 11.1 Å². The Balaban J connectivity index is 1.73. The molecule has 2 atom stereocenters. The molecule has 0 unspecified atom stereocenters. The number of carbonyl (C=O) groups excluding carboxylic acids is 2. The molecule has 25 heavy (non-hydrogen) atoms. The first-order valence-electron chi connectivity index (χ1n) is 7.64. The molecular formula is C18H15F3N2O2. The molecule has 0 spiro atoms. The number of hydrogen-bond acceptors (Lipinski definition) is 2. The largest absolute Gasteiger partial charge is 0.416 e. The highest BCUT2D eigenvalue weighted by Crippen LogP contribution is 2.46. The first kappa shape index (κ1) is 17.0. The average Bonchev–Trinajstić information content (AvgIpc) is 3.33. The van der Waals surface area contributed by atoms with E-state index in [0.29, 0.717) is 6.42 Å². The van der Waals surface area contributed by atoms with Gasteiger partial charge < -0.3 is 11.1 Å². The Morgan fingerprint density at radius 1 is 1.04 bits per heavy atom. The number of amides is 2. The van der Waals surface area contributed by atoms with E-state index in [1.54, 1.807) is 6.07 Å². The average molecular weight is 348 g/mol. The van der Waals surface area contributed by atoms with Gasteiger partial charge in [0.1, 0.15) is 0 Å². The topological polar surface area (TPSA) is 72.2 Å². The van der Waals surface area contributed by atoms with E-state index in [1.807, 2.05) is 0 Å². The number of primary amides is 1. The third kappa shape index (κ3) is 3.65. The molecule has 7 heteroatoms. The molecule has 3 rings (SSSR count). The summed E-state index contributed by atoms with van der Waals surface area (Å²) in [5.74, 6) is -1.47. The maximum absolute atomic E-state index is 13.1. The Kier molecular flexibility index (Phi) is 4.24. The van der Waals surface area contributed by atoms with Gasteiger partial charge in [-0.2, -0.15) is 13.2 Å². The summed E-state index contributed by atoms with van der Waals surface area (Å²) < 4.78 is 39.2. The number of halogens is 3. The lowest BCUT2D eigenvalue weighted by atomic mass is 10.0. The molecule has 0 aliphatic heterocycles. The lowest BCUT2D eigenvalue weighted by Gasteiger charge is -2.12. The Labute approximate surface area is 141 Å². The second-order valence-electron chi connectivity index (χ2n) is 5.95. The fourth-order valence-corrected chi connectivity index (χ4v) is 2.84. The summed E-state index contributed by atoms with van der Waals surface area (Å²) >= 11 is 0. The third-order valence-electron chi connectivity index (χ3n) is 4.18. The van der Waals surface area contributed by atoms with E-state index in [9.17, 15) is 22.8 Å². The van der Waals surface area contributed by atoms with Gasteiger partial charge in [0.2, 0.25) is 5.91 Å². The van der Waals surface area contributed by atoms with Crippen molar-refractivity contribution >= 4 is 11.8 Å². The number of nitrogens with one attached hydrogen (secondary N) is 1. The molecule has 1 aliphatic rings. The van der Waals surface area contributed by atoms with Gasteiger partial charge in [0.15, 0.2) is 0 Å². The van der Waals surface area contributed by atoms with Crippen molar-refractivity contribution in [1.29, 1.82) is 0 Å². The van der Waals surface area contributed by atoms with Gasteiger partial charge in [-0.15, -0.1) is 0 Å². The number of alkyl halides is 3. The molecule has 2 amide bonds. The van der Waals surface area contributed by atoms with Gasteiger partial charge in [0.25, 0.3) is 5.91 Å². The molecule has 3 N–H and O–H groups in total. The summed E-state index contributed by atoms with van der Waals surface area (Å²) in [6.45, 7) is 0. The number of nitrogens with two attached hydrogens (primary N) is 1. The standard InChI is InChI=1S/C18H15F3N2O2/c19-18(20,21)14-7-2-1-6-12(14)13-9-15(13)23-17(25)11-5-3-4-10(8-11)16(22)24/h1-8,13,15H,9H2,(H2,22,24)(H,23,25)/t13-,15-/m1/s1. The van der Waals surface area contributed by atoms with E-state index in [-0.39, 0.29) is 28.7 Å². The highest BCUT2D eigenvalue weighted by atomic mass is 19.4. The van der Waals surface area contributed by atoms with Gasteiger partial charge >= 0.3 is 6.18 Å². The minimum absolute atomic E-state index is 0.186. The van der Waals surface area contributed by atoms with Crippen molar-refractivity contribution in [2.45, 2.75) is 24.6 Å². The first-order valence-corrected chi connectivity index (χ1v) is 7.64. The zero-order valence-electron chi connectivity index (χ0n) is 13.0. The van der Waals surface area contributed by atoms with Crippen LogP contribution in [0.1, 0.15) is 44.2 Å². The van der Waals surface area contributed by atoms with Crippen molar-refractivity contribution in [3.63, 3.8) is 0 Å². The Bertz CT molecular complexity index is 833. The van der Waals surface area contributed by atoms with Crippen molar-refractivity contribution in [2.24, 2.45) is 5.73 Å². The fourth-order valence-electron chi connectivity index (χ4n) is 2.84. The van der Waals surface area contributed by atoms with Crippen molar-refractivity contribution < 1.29 is 22.8 Å². The molecule has 0 aromatic heterocycles. The normalized spacial score (nSPS) is 19.3. The quantitative estimate of drug-likeness (QED) is 0.891. The zero-order chi connectivity index (χ0) is 18.2. The van der Waals surface area contributed by atoms with Crippen LogP contribution in [0.2, 0.25) is 0 Å². The molecule has 2 aromatic rings. The fraction of sp³-hybridized carbons (Fsp3) is 0.222. The maximum atomic E-state index is 13.1. The summed E-state index contributed by atoms with van der Waals surface area (Å²) in [4.78, 5) is 23.4. The SMILES string of the molecule is NC(=O)c1cccc(C(=O)N[C@@H]2C[C@@H]2c2ccccc2C(F)(F)F)c1. The highest BCUT2D eigenvalue weighted by Gasteiger charge is 2.44. The molecular weight excluding hydrogens is 333 g/mol. The highest BCUT2D eigenvalue weighted by molar-refractivity contribution is 5.99. The van der Waals surface area contributed by atoms with Gasteiger partial charge in [0, 0.05) is 23.1 Å². The zero-order valence-corrected chi connectivity index (χ0v) is 13.0. The van der Waals surface area contributed by atoms with E-state index >= 15 is 0 Å². The molecule has 130 valence electrons. The van der Waals surface area contributed by atoms with Crippen LogP contribution in [0.15, 0.2) is 48.5 Å². The summed E-state index contributed by atoms with van der Waals surface area (Å²) in [6.07, 6.45) is -3.99. The Hall–Kier alpha value is -2.83. The minimum Gasteiger partial charge on any atom is -0.366 e. The Morgan fingerprint density at radius 3 is 2.40 bits per heavy atom. The van der Waals surface area contributed by atoms with Crippen molar-refractivity contribution in [3.8, 4) is 0 Å². The van der Waals surface area contributed by atoms with E-state index in [2.05, 4.69) is 5.32 Å². The summed E-state index contributed by atoms with van der Waals surface area (Å²) in [5.41, 5.74) is 5.13.